The Morgan fingerprint density at radius 3 is 2.48 bits per heavy atom. The zero-order chi connectivity index (χ0) is 18.0. The normalized spacial score (nSPS) is 17.3. The van der Waals surface area contributed by atoms with Crippen LogP contribution < -0.4 is 0 Å². The quantitative estimate of drug-likeness (QED) is 0.816. The van der Waals surface area contributed by atoms with Crippen LogP contribution in [0.5, 0.6) is 0 Å². The molecule has 0 unspecified atom stereocenters. The van der Waals surface area contributed by atoms with Crippen molar-refractivity contribution in [1.29, 1.82) is 0 Å². The van der Waals surface area contributed by atoms with E-state index in [1.165, 1.54) is 4.31 Å². The molecule has 0 aliphatic carbocycles. The van der Waals surface area contributed by atoms with E-state index in [-0.39, 0.29) is 6.04 Å². The molecule has 1 saturated heterocycles. The van der Waals surface area contributed by atoms with Gasteiger partial charge in [0, 0.05) is 19.3 Å². The maximum absolute atomic E-state index is 13.1. The van der Waals surface area contributed by atoms with Crippen molar-refractivity contribution in [2.75, 3.05) is 27.2 Å². The van der Waals surface area contributed by atoms with E-state index in [0.29, 0.717) is 17.1 Å². The molecule has 1 fully saturated rings. The van der Waals surface area contributed by atoms with E-state index in [1.54, 1.807) is 24.9 Å². The first-order valence-electron chi connectivity index (χ1n) is 8.62. The van der Waals surface area contributed by atoms with Crippen molar-refractivity contribution in [3.05, 3.63) is 47.8 Å². The maximum Gasteiger partial charge on any atom is 0.246 e. The Bertz CT molecular complexity index is 809. The van der Waals surface area contributed by atoms with Gasteiger partial charge in [-0.2, -0.15) is 9.40 Å². The van der Waals surface area contributed by atoms with Crippen LogP contribution in [0.4, 0.5) is 0 Å². The summed E-state index contributed by atoms with van der Waals surface area (Å²) in [6.07, 6.45) is 3.38. The number of sulfonamides is 1. The van der Waals surface area contributed by atoms with E-state index in [4.69, 9.17) is 0 Å². The van der Waals surface area contributed by atoms with Crippen LogP contribution >= 0.6 is 0 Å². The van der Waals surface area contributed by atoms with Crippen LogP contribution in [0, 0.1) is 6.92 Å². The van der Waals surface area contributed by atoms with Gasteiger partial charge in [-0.05, 0) is 45.5 Å². The van der Waals surface area contributed by atoms with Crippen LogP contribution in [0.3, 0.4) is 0 Å². The average Bonchev–Trinajstić information content (AvgIpc) is 2.97. The molecule has 0 saturated carbocycles. The summed E-state index contributed by atoms with van der Waals surface area (Å²) in [5.41, 5.74) is 1.65. The smallest absolute Gasteiger partial charge is 0.246 e. The number of likely N-dealkylation sites (tertiary alicyclic amines) is 1. The number of aryl methyl sites for hydroxylation is 1. The van der Waals surface area contributed by atoms with Gasteiger partial charge in [-0.1, -0.05) is 30.3 Å². The number of rotatable bonds is 5. The van der Waals surface area contributed by atoms with Gasteiger partial charge < -0.3 is 4.90 Å². The van der Waals surface area contributed by atoms with Crippen LogP contribution in [0.15, 0.2) is 41.4 Å². The van der Waals surface area contributed by atoms with Crippen molar-refractivity contribution in [3.63, 3.8) is 0 Å². The predicted octanol–water partition coefficient (Wildman–Crippen LogP) is 1.95. The van der Waals surface area contributed by atoms with Crippen LogP contribution in [-0.2, 0) is 16.6 Å². The highest BCUT2D eigenvalue weighted by Crippen LogP contribution is 2.24. The summed E-state index contributed by atoms with van der Waals surface area (Å²) in [6, 6.07) is 9.97. The largest absolute Gasteiger partial charge is 0.306 e. The number of benzene rings is 1. The highest BCUT2D eigenvalue weighted by molar-refractivity contribution is 7.89. The summed E-state index contributed by atoms with van der Waals surface area (Å²) in [5, 5.41) is 4.41. The number of aromatic nitrogens is 2. The number of piperidine rings is 1. The second-order valence-corrected chi connectivity index (χ2v) is 8.78. The maximum atomic E-state index is 13.1. The molecule has 6 nitrogen and oxygen atoms in total. The van der Waals surface area contributed by atoms with Crippen molar-refractivity contribution in [2.45, 2.75) is 37.2 Å². The standard InChI is InChI=1S/C18H26N4O2S/c1-15-18(14-22(19-15)13-16-7-5-4-6-8-16)25(23,24)21(3)17-9-11-20(2)12-10-17/h4-8,14,17H,9-13H2,1-3H3. The minimum absolute atomic E-state index is 0.0538. The SMILES string of the molecule is Cc1nn(Cc2ccccc2)cc1S(=O)(=O)N(C)C1CCN(C)CC1. The molecule has 2 aromatic rings. The summed E-state index contributed by atoms with van der Waals surface area (Å²) in [4.78, 5) is 2.55. The van der Waals surface area contributed by atoms with Gasteiger partial charge in [0.2, 0.25) is 10.0 Å². The molecule has 3 rings (SSSR count). The molecule has 0 N–H and O–H groups in total. The molecule has 1 aliphatic rings. The Kier molecular flexibility index (Phi) is 5.27. The number of nitrogens with zero attached hydrogens (tertiary/aromatic N) is 4. The Hall–Kier alpha value is -1.70. The molecule has 1 aromatic heterocycles. The topological polar surface area (TPSA) is 58.4 Å². The van der Waals surface area contributed by atoms with Crippen LogP contribution in [-0.4, -0.2) is 60.6 Å². The molecule has 1 aromatic carbocycles. The molecule has 0 amide bonds. The summed E-state index contributed by atoms with van der Waals surface area (Å²) >= 11 is 0. The number of hydrogen-bond donors (Lipinski definition) is 0. The molecule has 1 aliphatic heterocycles. The molecule has 25 heavy (non-hydrogen) atoms. The fourth-order valence-corrected chi connectivity index (χ4v) is 4.90. The Labute approximate surface area is 150 Å². The lowest BCUT2D eigenvalue weighted by molar-refractivity contribution is 0.197. The van der Waals surface area contributed by atoms with E-state index in [9.17, 15) is 8.42 Å². The highest BCUT2D eigenvalue weighted by Gasteiger charge is 2.32. The summed E-state index contributed by atoms with van der Waals surface area (Å²) in [6.45, 7) is 4.18. The summed E-state index contributed by atoms with van der Waals surface area (Å²) < 4.78 is 29.4. The van der Waals surface area contributed by atoms with Gasteiger partial charge in [0.05, 0.1) is 12.2 Å². The van der Waals surface area contributed by atoms with E-state index in [1.807, 2.05) is 30.3 Å². The van der Waals surface area contributed by atoms with Gasteiger partial charge >= 0.3 is 0 Å². The first-order chi connectivity index (χ1) is 11.9. The van der Waals surface area contributed by atoms with Crippen molar-refractivity contribution in [1.82, 2.24) is 19.0 Å². The van der Waals surface area contributed by atoms with Crippen LogP contribution in [0.2, 0.25) is 0 Å². The molecule has 7 heteroatoms. The van der Waals surface area contributed by atoms with Gasteiger partial charge in [0.25, 0.3) is 0 Å². The van der Waals surface area contributed by atoms with E-state index in [0.717, 1.165) is 31.5 Å². The lowest BCUT2D eigenvalue weighted by atomic mass is 10.1. The van der Waals surface area contributed by atoms with Crippen molar-refractivity contribution < 1.29 is 8.42 Å². The monoisotopic (exact) mass is 362 g/mol. The average molecular weight is 362 g/mol. The summed E-state index contributed by atoms with van der Waals surface area (Å²) in [5.74, 6) is 0. The minimum Gasteiger partial charge on any atom is -0.306 e. The third-order valence-electron chi connectivity index (χ3n) is 4.95. The second kappa shape index (κ2) is 7.27. The van der Waals surface area contributed by atoms with Gasteiger partial charge in [-0.15, -0.1) is 0 Å². The molecule has 0 radical (unpaired) electrons. The van der Waals surface area contributed by atoms with E-state index < -0.39 is 10.0 Å². The molecule has 136 valence electrons. The molecular formula is C18H26N4O2S. The Balaban J connectivity index is 1.80. The lowest BCUT2D eigenvalue weighted by Crippen LogP contribution is -2.44. The minimum atomic E-state index is -3.53. The van der Waals surface area contributed by atoms with Gasteiger partial charge in [-0.3, -0.25) is 4.68 Å². The van der Waals surface area contributed by atoms with Gasteiger partial charge in [0.1, 0.15) is 4.90 Å². The fraction of sp³-hybridized carbons (Fsp3) is 0.500. The zero-order valence-corrected chi connectivity index (χ0v) is 15.9. The van der Waals surface area contributed by atoms with E-state index >= 15 is 0 Å². The molecule has 0 bridgehead atoms. The first-order valence-corrected chi connectivity index (χ1v) is 10.1. The highest BCUT2D eigenvalue weighted by atomic mass is 32.2. The van der Waals surface area contributed by atoms with Crippen LogP contribution in [0.25, 0.3) is 0 Å². The first kappa shape index (κ1) is 18.1. The number of hydrogen-bond acceptors (Lipinski definition) is 4. The summed E-state index contributed by atoms with van der Waals surface area (Å²) in [7, 11) is 0.239. The Morgan fingerprint density at radius 2 is 1.84 bits per heavy atom. The van der Waals surface area contributed by atoms with E-state index in [2.05, 4.69) is 17.0 Å². The zero-order valence-electron chi connectivity index (χ0n) is 15.1. The van der Waals surface area contributed by atoms with Gasteiger partial charge in [0.15, 0.2) is 0 Å². The Morgan fingerprint density at radius 1 is 1.20 bits per heavy atom. The van der Waals surface area contributed by atoms with Crippen molar-refractivity contribution >= 4 is 10.0 Å². The lowest BCUT2D eigenvalue weighted by Gasteiger charge is -2.34. The fourth-order valence-electron chi connectivity index (χ4n) is 3.31. The van der Waals surface area contributed by atoms with Crippen LogP contribution in [0.1, 0.15) is 24.1 Å². The molecule has 2 heterocycles. The van der Waals surface area contributed by atoms with Crippen molar-refractivity contribution in [3.8, 4) is 0 Å². The molecular weight excluding hydrogens is 336 g/mol. The van der Waals surface area contributed by atoms with Crippen molar-refractivity contribution in [2.24, 2.45) is 0 Å². The molecule has 0 spiro atoms. The predicted molar refractivity (Wildman–Crippen MR) is 98.0 cm³/mol. The third-order valence-corrected chi connectivity index (χ3v) is 6.96. The van der Waals surface area contributed by atoms with Gasteiger partial charge in [-0.25, -0.2) is 8.42 Å². The second-order valence-electron chi connectivity index (χ2n) is 6.82. The third kappa shape index (κ3) is 3.94. The molecule has 0 atom stereocenters.